The molecule has 0 saturated heterocycles. The maximum absolute atomic E-state index is 12.0. The van der Waals surface area contributed by atoms with Gasteiger partial charge in [0.15, 0.2) is 0 Å². The molecule has 0 spiro atoms. The lowest BCUT2D eigenvalue weighted by atomic mass is 9.99. The van der Waals surface area contributed by atoms with Crippen LogP contribution in [0.5, 0.6) is 0 Å². The molecule has 0 bridgehead atoms. The Morgan fingerprint density at radius 3 is 2.14 bits per heavy atom. The van der Waals surface area contributed by atoms with Crippen molar-refractivity contribution in [1.82, 2.24) is 5.32 Å². The number of hydrogen-bond acceptors (Lipinski definition) is 3. The normalized spacial score (nSPS) is 11.5. The first-order valence-corrected chi connectivity index (χ1v) is 6.68. The number of rotatable bonds is 5. The van der Waals surface area contributed by atoms with E-state index < -0.39 is 5.92 Å². The molecule has 0 heterocycles. The topological polar surface area (TPSA) is 55.4 Å². The molecule has 0 aliphatic heterocycles. The summed E-state index contributed by atoms with van der Waals surface area (Å²) in [5, 5.41) is 2.77. The molecule has 1 N–H and O–H groups in total. The largest absolute Gasteiger partial charge is 0.468 e. The van der Waals surface area contributed by atoms with Crippen LogP contribution in [0.1, 0.15) is 21.8 Å². The minimum Gasteiger partial charge on any atom is -0.468 e. The molecule has 2 aromatic rings. The van der Waals surface area contributed by atoms with Gasteiger partial charge in [-0.1, -0.05) is 48.5 Å². The Morgan fingerprint density at radius 2 is 1.57 bits per heavy atom. The Bertz CT molecular complexity index is 596. The second-order valence-electron chi connectivity index (χ2n) is 4.56. The molecule has 0 fully saturated rings. The number of benzene rings is 2. The minimum atomic E-state index is -0.510. The summed E-state index contributed by atoms with van der Waals surface area (Å²) in [6.45, 7) is 0.199. The van der Waals surface area contributed by atoms with Crippen LogP contribution in [-0.2, 0) is 9.53 Å². The lowest BCUT2D eigenvalue weighted by Crippen LogP contribution is -2.32. The van der Waals surface area contributed by atoms with Gasteiger partial charge in [0, 0.05) is 12.1 Å². The van der Waals surface area contributed by atoms with Crippen molar-refractivity contribution < 1.29 is 14.3 Å². The summed E-state index contributed by atoms with van der Waals surface area (Å²) in [6, 6.07) is 18.2. The molecule has 4 heteroatoms. The van der Waals surface area contributed by atoms with Gasteiger partial charge in [-0.2, -0.15) is 0 Å². The molecule has 0 aliphatic rings. The van der Waals surface area contributed by atoms with Gasteiger partial charge in [-0.15, -0.1) is 0 Å². The van der Waals surface area contributed by atoms with Crippen molar-refractivity contribution in [2.75, 3.05) is 13.7 Å². The quantitative estimate of drug-likeness (QED) is 0.857. The predicted octanol–water partition coefficient (Wildman–Crippen LogP) is 2.37. The molecule has 4 nitrogen and oxygen atoms in total. The van der Waals surface area contributed by atoms with E-state index in [9.17, 15) is 9.59 Å². The second-order valence-corrected chi connectivity index (χ2v) is 4.56. The zero-order chi connectivity index (χ0) is 15.1. The van der Waals surface area contributed by atoms with Crippen LogP contribution >= 0.6 is 0 Å². The van der Waals surface area contributed by atoms with Crippen molar-refractivity contribution in [3.05, 3.63) is 71.8 Å². The molecule has 0 aromatic heterocycles. The zero-order valence-electron chi connectivity index (χ0n) is 11.8. The first kappa shape index (κ1) is 14.8. The third kappa shape index (κ3) is 3.92. The summed E-state index contributed by atoms with van der Waals surface area (Å²) in [7, 11) is 1.34. The SMILES string of the molecule is COC(=O)C(CNC(=O)c1ccccc1)c1ccccc1. The number of ether oxygens (including phenoxy) is 1. The van der Waals surface area contributed by atoms with E-state index in [4.69, 9.17) is 4.74 Å². The number of amides is 1. The van der Waals surface area contributed by atoms with Crippen molar-refractivity contribution in [2.24, 2.45) is 0 Å². The van der Waals surface area contributed by atoms with Gasteiger partial charge in [-0.05, 0) is 17.7 Å². The average Bonchev–Trinajstić information content (AvgIpc) is 2.56. The van der Waals surface area contributed by atoms with E-state index >= 15 is 0 Å². The van der Waals surface area contributed by atoms with Gasteiger partial charge < -0.3 is 10.1 Å². The molecule has 0 saturated carbocycles. The molecule has 1 atom stereocenters. The highest BCUT2D eigenvalue weighted by Gasteiger charge is 2.22. The Labute approximate surface area is 123 Å². The fraction of sp³-hybridized carbons (Fsp3) is 0.176. The van der Waals surface area contributed by atoms with Gasteiger partial charge in [0.05, 0.1) is 13.0 Å². The molecule has 108 valence electrons. The van der Waals surface area contributed by atoms with Crippen LogP contribution in [0.25, 0.3) is 0 Å². The van der Waals surface area contributed by atoms with Crippen LogP contribution in [0.15, 0.2) is 60.7 Å². The van der Waals surface area contributed by atoms with E-state index in [2.05, 4.69) is 5.32 Å². The Morgan fingerprint density at radius 1 is 1.00 bits per heavy atom. The summed E-state index contributed by atoms with van der Waals surface area (Å²) in [5.74, 6) is -1.08. The second kappa shape index (κ2) is 7.24. The fourth-order valence-corrected chi connectivity index (χ4v) is 2.05. The lowest BCUT2D eigenvalue weighted by Gasteiger charge is -2.15. The first-order chi connectivity index (χ1) is 10.2. The van der Waals surface area contributed by atoms with Gasteiger partial charge in [-0.3, -0.25) is 9.59 Å². The molecule has 0 aliphatic carbocycles. The van der Waals surface area contributed by atoms with Crippen LogP contribution < -0.4 is 5.32 Å². The fourth-order valence-electron chi connectivity index (χ4n) is 2.05. The highest BCUT2D eigenvalue weighted by Crippen LogP contribution is 2.16. The van der Waals surface area contributed by atoms with E-state index in [1.54, 1.807) is 24.3 Å². The number of esters is 1. The molecule has 2 rings (SSSR count). The van der Waals surface area contributed by atoms with E-state index in [0.29, 0.717) is 5.56 Å². The number of carbonyl (C=O) groups excluding carboxylic acids is 2. The van der Waals surface area contributed by atoms with Crippen LogP contribution in [0, 0.1) is 0 Å². The summed E-state index contributed by atoms with van der Waals surface area (Å²) >= 11 is 0. The smallest absolute Gasteiger partial charge is 0.314 e. The predicted molar refractivity (Wildman–Crippen MR) is 80.0 cm³/mol. The van der Waals surface area contributed by atoms with E-state index in [-0.39, 0.29) is 18.4 Å². The van der Waals surface area contributed by atoms with Crippen molar-refractivity contribution in [2.45, 2.75) is 5.92 Å². The summed E-state index contributed by atoms with van der Waals surface area (Å²) < 4.78 is 4.81. The van der Waals surface area contributed by atoms with Crippen LogP contribution in [0.2, 0.25) is 0 Å². The van der Waals surface area contributed by atoms with Crippen LogP contribution in [-0.4, -0.2) is 25.5 Å². The van der Waals surface area contributed by atoms with Crippen molar-refractivity contribution in [1.29, 1.82) is 0 Å². The first-order valence-electron chi connectivity index (χ1n) is 6.68. The number of nitrogens with one attached hydrogen (secondary N) is 1. The van der Waals surface area contributed by atoms with Gasteiger partial charge in [0.25, 0.3) is 5.91 Å². The van der Waals surface area contributed by atoms with Crippen LogP contribution in [0.4, 0.5) is 0 Å². The summed E-state index contributed by atoms with van der Waals surface area (Å²) in [6.07, 6.45) is 0. The van der Waals surface area contributed by atoms with Gasteiger partial charge in [0.1, 0.15) is 0 Å². The maximum Gasteiger partial charge on any atom is 0.314 e. The maximum atomic E-state index is 12.0. The monoisotopic (exact) mass is 283 g/mol. The van der Waals surface area contributed by atoms with Gasteiger partial charge >= 0.3 is 5.97 Å². The molecule has 1 unspecified atom stereocenters. The van der Waals surface area contributed by atoms with E-state index in [1.807, 2.05) is 36.4 Å². The third-order valence-corrected chi connectivity index (χ3v) is 3.19. The van der Waals surface area contributed by atoms with Crippen molar-refractivity contribution >= 4 is 11.9 Å². The van der Waals surface area contributed by atoms with E-state index in [1.165, 1.54) is 7.11 Å². The molecular weight excluding hydrogens is 266 g/mol. The lowest BCUT2D eigenvalue weighted by molar-refractivity contribution is -0.142. The average molecular weight is 283 g/mol. The molecular formula is C17H17NO3. The standard InChI is InChI=1S/C17H17NO3/c1-21-17(20)15(13-8-4-2-5-9-13)12-18-16(19)14-10-6-3-7-11-14/h2-11,15H,12H2,1H3,(H,18,19). The Hall–Kier alpha value is -2.62. The Kier molecular flexibility index (Phi) is 5.10. The number of methoxy groups -OCH3 is 1. The zero-order valence-corrected chi connectivity index (χ0v) is 11.8. The van der Waals surface area contributed by atoms with E-state index in [0.717, 1.165) is 5.56 Å². The summed E-state index contributed by atoms with van der Waals surface area (Å²) in [5.41, 5.74) is 1.38. The van der Waals surface area contributed by atoms with Crippen molar-refractivity contribution in [3.63, 3.8) is 0 Å². The van der Waals surface area contributed by atoms with Gasteiger partial charge in [-0.25, -0.2) is 0 Å². The molecule has 0 radical (unpaired) electrons. The highest BCUT2D eigenvalue weighted by molar-refractivity contribution is 5.94. The highest BCUT2D eigenvalue weighted by atomic mass is 16.5. The molecule has 1 amide bonds. The molecule has 2 aromatic carbocycles. The van der Waals surface area contributed by atoms with Crippen LogP contribution in [0.3, 0.4) is 0 Å². The molecule has 21 heavy (non-hydrogen) atoms. The number of carbonyl (C=O) groups is 2. The van der Waals surface area contributed by atoms with Crippen molar-refractivity contribution in [3.8, 4) is 0 Å². The Balaban J connectivity index is 2.07. The summed E-state index contributed by atoms with van der Waals surface area (Å²) in [4.78, 5) is 23.9. The number of hydrogen-bond donors (Lipinski definition) is 1. The third-order valence-electron chi connectivity index (χ3n) is 3.19. The van der Waals surface area contributed by atoms with Gasteiger partial charge in [0.2, 0.25) is 0 Å². The minimum absolute atomic E-state index is 0.199.